The number of hydrogen-bond acceptors (Lipinski definition) is 2. The Bertz CT molecular complexity index is 535. The molecular weight excluding hydrogens is 198 g/mol. The molecule has 0 aliphatic heterocycles. The molecule has 0 saturated heterocycles. The summed E-state index contributed by atoms with van der Waals surface area (Å²) in [5.41, 5.74) is 1.65. The third-order valence-electron chi connectivity index (χ3n) is 2.23. The van der Waals surface area contributed by atoms with Gasteiger partial charge >= 0.3 is 0 Å². The Kier molecular flexibility index (Phi) is 2.79. The van der Waals surface area contributed by atoms with E-state index < -0.39 is 0 Å². The van der Waals surface area contributed by atoms with Crippen molar-refractivity contribution < 1.29 is 4.79 Å². The fraction of sp³-hybridized carbons (Fsp3) is 0. The fourth-order valence-electron chi connectivity index (χ4n) is 1.39. The summed E-state index contributed by atoms with van der Waals surface area (Å²) in [7, 11) is 0. The molecule has 0 saturated carbocycles. The number of carbonyl (C=O) groups excluding carboxylic acids is 1. The highest BCUT2D eigenvalue weighted by Gasteiger charge is 2.07. The Balaban J connectivity index is 2.32. The van der Waals surface area contributed by atoms with Gasteiger partial charge in [0, 0.05) is 11.1 Å². The number of rotatable bonds is 2. The molecule has 0 heterocycles. The maximum atomic E-state index is 11.9. The van der Waals surface area contributed by atoms with E-state index >= 15 is 0 Å². The Morgan fingerprint density at radius 1 is 1.12 bits per heavy atom. The lowest BCUT2D eigenvalue weighted by Crippen LogP contribution is -2.00. The minimum Gasteiger partial charge on any atom is -0.289 e. The summed E-state index contributed by atoms with van der Waals surface area (Å²) in [5, 5.41) is 8.64. The molecule has 2 aromatic rings. The normalized spacial score (nSPS) is 9.44. The van der Waals surface area contributed by atoms with Crippen molar-refractivity contribution in [2.45, 2.75) is 0 Å². The molecule has 0 aliphatic rings. The molecular formula is C14H8NO. The number of carbonyl (C=O) groups is 1. The predicted octanol–water partition coefficient (Wildman–Crippen LogP) is 2.59. The molecule has 2 nitrogen and oxygen atoms in total. The largest absolute Gasteiger partial charge is 0.289 e. The molecule has 0 spiro atoms. The molecule has 2 aromatic carbocycles. The second-order valence-electron chi connectivity index (χ2n) is 3.29. The zero-order valence-electron chi connectivity index (χ0n) is 8.47. The first kappa shape index (κ1) is 10.1. The molecule has 2 heteroatoms. The quantitative estimate of drug-likeness (QED) is 0.708. The lowest BCUT2D eigenvalue weighted by Gasteiger charge is -2.00. The van der Waals surface area contributed by atoms with Crippen molar-refractivity contribution in [1.29, 1.82) is 5.26 Å². The van der Waals surface area contributed by atoms with Crippen molar-refractivity contribution >= 4 is 5.78 Å². The summed E-state index contributed by atoms with van der Waals surface area (Å²) >= 11 is 0. The second kappa shape index (κ2) is 4.41. The second-order valence-corrected chi connectivity index (χ2v) is 3.29. The number of nitriles is 1. The van der Waals surface area contributed by atoms with Gasteiger partial charge in [-0.05, 0) is 30.3 Å². The van der Waals surface area contributed by atoms with Crippen LogP contribution in [0, 0.1) is 17.4 Å². The first-order valence-corrected chi connectivity index (χ1v) is 4.83. The fourth-order valence-corrected chi connectivity index (χ4v) is 1.39. The summed E-state index contributed by atoms with van der Waals surface area (Å²) in [6, 6.07) is 18.5. The molecule has 2 rings (SSSR count). The van der Waals surface area contributed by atoms with Crippen LogP contribution < -0.4 is 0 Å². The van der Waals surface area contributed by atoms with Crippen molar-refractivity contribution in [2.75, 3.05) is 0 Å². The number of benzene rings is 2. The van der Waals surface area contributed by atoms with Crippen LogP contribution >= 0.6 is 0 Å². The van der Waals surface area contributed by atoms with Gasteiger partial charge in [-0.2, -0.15) is 5.26 Å². The molecule has 0 amide bonds. The van der Waals surface area contributed by atoms with Crippen LogP contribution in [0.2, 0.25) is 0 Å². The van der Waals surface area contributed by atoms with E-state index in [0.717, 1.165) is 0 Å². The van der Waals surface area contributed by atoms with Gasteiger partial charge in [-0.15, -0.1) is 0 Å². The van der Waals surface area contributed by atoms with E-state index in [2.05, 4.69) is 6.07 Å². The Morgan fingerprint density at radius 3 is 2.44 bits per heavy atom. The monoisotopic (exact) mass is 206 g/mol. The topological polar surface area (TPSA) is 40.9 Å². The van der Waals surface area contributed by atoms with Crippen LogP contribution in [0.5, 0.6) is 0 Å². The van der Waals surface area contributed by atoms with Gasteiger partial charge < -0.3 is 0 Å². The van der Waals surface area contributed by atoms with Crippen LogP contribution in [0.25, 0.3) is 0 Å². The Morgan fingerprint density at radius 2 is 1.88 bits per heavy atom. The van der Waals surface area contributed by atoms with Crippen LogP contribution in [-0.4, -0.2) is 5.78 Å². The van der Waals surface area contributed by atoms with Gasteiger partial charge in [0.05, 0.1) is 11.6 Å². The predicted molar refractivity (Wildman–Crippen MR) is 59.9 cm³/mol. The van der Waals surface area contributed by atoms with E-state index in [1.807, 2.05) is 12.1 Å². The van der Waals surface area contributed by atoms with Gasteiger partial charge in [-0.25, -0.2) is 0 Å². The van der Waals surface area contributed by atoms with Crippen molar-refractivity contribution in [1.82, 2.24) is 0 Å². The number of nitrogens with zero attached hydrogens (tertiary/aromatic N) is 1. The molecule has 0 bridgehead atoms. The highest BCUT2D eigenvalue weighted by atomic mass is 16.1. The standard InChI is InChI=1S/C14H8NO/c15-10-11-6-8-13(9-7-11)14(16)12-4-2-1-3-5-12/h1-4,6-9H. The molecule has 1 radical (unpaired) electrons. The van der Waals surface area contributed by atoms with Crippen molar-refractivity contribution in [2.24, 2.45) is 0 Å². The van der Waals surface area contributed by atoms with Crippen LogP contribution in [0.15, 0.2) is 48.5 Å². The highest BCUT2D eigenvalue weighted by Crippen LogP contribution is 2.10. The van der Waals surface area contributed by atoms with E-state index in [9.17, 15) is 4.79 Å². The first-order chi connectivity index (χ1) is 7.81. The van der Waals surface area contributed by atoms with Crippen LogP contribution in [-0.2, 0) is 0 Å². The van der Waals surface area contributed by atoms with Gasteiger partial charge in [-0.1, -0.05) is 24.3 Å². The van der Waals surface area contributed by atoms with E-state index in [4.69, 9.17) is 5.26 Å². The van der Waals surface area contributed by atoms with Gasteiger partial charge in [-0.3, -0.25) is 4.79 Å². The first-order valence-electron chi connectivity index (χ1n) is 4.83. The summed E-state index contributed by atoms with van der Waals surface area (Å²) in [5.74, 6) is -0.0786. The SMILES string of the molecule is N#Cc1ccc(C(=O)c2[c]cccc2)cc1. The van der Waals surface area contributed by atoms with Crippen molar-refractivity contribution in [3.8, 4) is 6.07 Å². The minimum atomic E-state index is -0.0786. The van der Waals surface area contributed by atoms with Crippen LogP contribution in [0.3, 0.4) is 0 Å². The molecule has 75 valence electrons. The van der Waals surface area contributed by atoms with Gasteiger partial charge in [0.15, 0.2) is 5.78 Å². The van der Waals surface area contributed by atoms with Crippen molar-refractivity contribution in [3.05, 3.63) is 71.3 Å². The summed E-state index contributed by atoms with van der Waals surface area (Å²) in [6.45, 7) is 0. The molecule has 0 fully saturated rings. The Labute approximate surface area is 93.8 Å². The van der Waals surface area contributed by atoms with Gasteiger partial charge in [0.25, 0.3) is 0 Å². The number of hydrogen-bond donors (Lipinski definition) is 0. The average molecular weight is 206 g/mol. The average Bonchev–Trinajstić information content (AvgIpc) is 2.39. The lowest BCUT2D eigenvalue weighted by molar-refractivity contribution is 0.103. The van der Waals surface area contributed by atoms with Gasteiger partial charge in [0.1, 0.15) is 0 Å². The zero-order chi connectivity index (χ0) is 11.4. The highest BCUT2D eigenvalue weighted by molar-refractivity contribution is 6.08. The van der Waals surface area contributed by atoms with Crippen LogP contribution in [0.4, 0.5) is 0 Å². The summed E-state index contributed by atoms with van der Waals surface area (Å²) in [4.78, 5) is 11.9. The molecule has 0 aromatic heterocycles. The van der Waals surface area contributed by atoms with Crippen LogP contribution in [0.1, 0.15) is 21.5 Å². The van der Waals surface area contributed by atoms with Crippen molar-refractivity contribution in [3.63, 3.8) is 0 Å². The zero-order valence-corrected chi connectivity index (χ0v) is 8.47. The lowest BCUT2D eigenvalue weighted by atomic mass is 10.0. The maximum absolute atomic E-state index is 11.9. The molecule has 0 unspecified atom stereocenters. The summed E-state index contributed by atoms with van der Waals surface area (Å²) in [6.07, 6.45) is 0. The third-order valence-corrected chi connectivity index (χ3v) is 2.23. The third kappa shape index (κ3) is 1.99. The molecule has 0 atom stereocenters. The van der Waals surface area contributed by atoms with E-state index in [0.29, 0.717) is 16.7 Å². The Hall–Kier alpha value is -2.40. The van der Waals surface area contributed by atoms with Gasteiger partial charge in [0.2, 0.25) is 0 Å². The molecule has 16 heavy (non-hydrogen) atoms. The number of ketones is 1. The molecule has 0 N–H and O–H groups in total. The summed E-state index contributed by atoms with van der Waals surface area (Å²) < 4.78 is 0. The molecule has 0 aliphatic carbocycles. The van der Waals surface area contributed by atoms with E-state index in [1.165, 1.54) is 0 Å². The maximum Gasteiger partial charge on any atom is 0.193 e. The van der Waals surface area contributed by atoms with E-state index in [1.54, 1.807) is 42.5 Å². The van der Waals surface area contributed by atoms with E-state index in [-0.39, 0.29) is 5.78 Å². The smallest absolute Gasteiger partial charge is 0.193 e. The minimum absolute atomic E-state index is 0.0786.